The van der Waals surface area contributed by atoms with Crippen molar-refractivity contribution in [3.8, 4) is 0 Å². The summed E-state index contributed by atoms with van der Waals surface area (Å²) >= 11 is 0. The Labute approximate surface area is 167 Å². The minimum absolute atomic E-state index is 0.469. The highest BCUT2D eigenvalue weighted by atomic mass is 32.2. The Morgan fingerprint density at radius 3 is 2.10 bits per heavy atom. The van der Waals surface area contributed by atoms with E-state index in [-0.39, 0.29) is 0 Å². The number of hydrogen-bond donors (Lipinski definition) is 0. The van der Waals surface area contributed by atoms with Gasteiger partial charge in [-0.3, -0.25) is 0 Å². The number of aromatic nitrogens is 2. The van der Waals surface area contributed by atoms with E-state index in [1.54, 1.807) is 27.6 Å². The fourth-order valence-electron chi connectivity index (χ4n) is 2.98. The van der Waals surface area contributed by atoms with Crippen LogP contribution in [-0.2, 0) is 27.4 Å². The molecule has 0 amide bonds. The molecule has 0 spiro atoms. The van der Waals surface area contributed by atoms with Crippen LogP contribution < -0.4 is 4.57 Å². The summed E-state index contributed by atoms with van der Waals surface area (Å²) in [7, 11) is -7.71. The normalized spacial score (nSPS) is 19.1. The van der Waals surface area contributed by atoms with Crippen LogP contribution in [0.25, 0.3) is 0 Å². The molecule has 1 aromatic rings. The van der Waals surface area contributed by atoms with Gasteiger partial charge in [0.2, 0.25) is 0 Å². The Morgan fingerprint density at radius 1 is 1.07 bits per heavy atom. The van der Waals surface area contributed by atoms with Gasteiger partial charge < -0.3 is 4.55 Å². The Bertz CT molecular complexity index is 995. The van der Waals surface area contributed by atoms with Gasteiger partial charge in [-0.05, 0) is 43.3 Å². The fourth-order valence-corrected chi connectivity index (χ4v) is 4.31. The molecule has 0 N–H and O–H groups in total. The molecule has 8 nitrogen and oxygen atoms in total. The van der Waals surface area contributed by atoms with Crippen LogP contribution in [0.5, 0.6) is 0 Å². The van der Waals surface area contributed by atoms with E-state index in [1.165, 1.54) is 28.0 Å². The zero-order chi connectivity index (χ0) is 21.9. The molecule has 1 aliphatic carbocycles. The summed E-state index contributed by atoms with van der Waals surface area (Å²) in [6, 6.07) is 0. The third kappa shape index (κ3) is 6.14. The molecule has 3 rings (SSSR count). The summed E-state index contributed by atoms with van der Waals surface area (Å²) in [5.74, 6) is 0. The molecule has 0 unspecified atom stereocenters. The van der Waals surface area contributed by atoms with Crippen LogP contribution in [0.15, 0.2) is 42.0 Å². The van der Waals surface area contributed by atoms with E-state index in [9.17, 15) is 21.6 Å². The van der Waals surface area contributed by atoms with Gasteiger partial charge in [0.1, 0.15) is 12.4 Å². The number of aryl methyl sites for hydroxylation is 1. The van der Waals surface area contributed by atoms with Crippen molar-refractivity contribution in [3.05, 3.63) is 42.0 Å². The molecular weight excluding hydrogens is 435 g/mol. The topological polar surface area (TPSA) is 103 Å². The minimum Gasteiger partial charge on any atom is -0.741 e. The summed E-state index contributed by atoms with van der Waals surface area (Å²) in [5.41, 5.74) is -2.86. The molecule has 29 heavy (non-hydrogen) atoms. The summed E-state index contributed by atoms with van der Waals surface area (Å²) in [5, 5.41) is 0. The number of rotatable bonds is 3. The van der Waals surface area contributed by atoms with Crippen LogP contribution in [-0.4, -0.2) is 48.3 Å². The van der Waals surface area contributed by atoms with Gasteiger partial charge in [-0.25, -0.2) is 13.0 Å². The van der Waals surface area contributed by atoms with Crippen LogP contribution >= 0.6 is 0 Å². The average Bonchev–Trinajstić information content (AvgIpc) is 3.09. The average molecular weight is 457 g/mol. The number of hydrogen-bond acceptors (Lipinski definition) is 5. The van der Waals surface area contributed by atoms with E-state index >= 15 is 0 Å². The number of allylic oxidation sites excluding steroid dienone is 2. The monoisotopic (exact) mass is 457 g/mol. The molecule has 13 heteroatoms. The van der Waals surface area contributed by atoms with Gasteiger partial charge in [-0.15, -0.1) is 3.97 Å². The molecule has 1 aliphatic heterocycles. The molecule has 1 aromatic heterocycles. The van der Waals surface area contributed by atoms with Crippen molar-refractivity contribution < 1.29 is 39.1 Å². The number of halogens is 3. The summed E-state index contributed by atoms with van der Waals surface area (Å²) in [6.45, 7) is 1.03. The Kier molecular flexibility index (Phi) is 7.30. The third-order valence-electron chi connectivity index (χ3n) is 4.50. The molecule has 0 saturated carbocycles. The van der Waals surface area contributed by atoms with E-state index in [0.717, 1.165) is 19.3 Å². The zero-order valence-corrected chi connectivity index (χ0v) is 17.3. The maximum absolute atomic E-state index is 12.5. The van der Waals surface area contributed by atoms with E-state index < -0.39 is 25.8 Å². The largest absolute Gasteiger partial charge is 0.741 e. The van der Waals surface area contributed by atoms with E-state index in [4.69, 9.17) is 13.0 Å². The Morgan fingerprint density at radius 2 is 1.69 bits per heavy atom. The second kappa shape index (κ2) is 8.98. The molecule has 2 aliphatic rings. The number of imidazole rings is 1. The van der Waals surface area contributed by atoms with Crippen LogP contribution in [0.4, 0.5) is 13.2 Å². The minimum atomic E-state index is -6.09. The summed E-state index contributed by atoms with van der Waals surface area (Å²) in [4.78, 5) is 0. The maximum atomic E-state index is 12.5. The molecule has 2 heterocycles. The first-order valence-electron chi connectivity index (χ1n) is 8.77. The number of alkyl halides is 3. The molecular formula is C16H22F3N3O5S2. The lowest BCUT2D eigenvalue weighted by Gasteiger charge is -2.25. The maximum Gasteiger partial charge on any atom is 0.485 e. The van der Waals surface area contributed by atoms with E-state index in [1.807, 2.05) is 7.05 Å². The smallest absolute Gasteiger partial charge is 0.485 e. The lowest BCUT2D eigenvalue weighted by atomic mass is 9.91. The molecule has 0 bridgehead atoms. The Balaban J connectivity index is 0.000000321. The lowest BCUT2D eigenvalue weighted by molar-refractivity contribution is -0.670. The fraction of sp³-hybridized carbons (Fsp3) is 0.562. The van der Waals surface area contributed by atoms with Crippen molar-refractivity contribution in [1.29, 1.82) is 0 Å². The predicted molar refractivity (Wildman–Crippen MR) is 96.5 cm³/mol. The van der Waals surface area contributed by atoms with Crippen LogP contribution in [0.1, 0.15) is 32.1 Å². The summed E-state index contributed by atoms with van der Waals surface area (Å²) in [6.07, 6.45) is 15.0. The molecule has 164 valence electrons. The van der Waals surface area contributed by atoms with Crippen LogP contribution in [0.3, 0.4) is 0 Å². The highest BCUT2D eigenvalue weighted by molar-refractivity contribution is 7.87. The van der Waals surface area contributed by atoms with E-state index in [2.05, 4.69) is 12.2 Å². The number of nitrogens with zero attached hydrogens (tertiary/aromatic N) is 3. The third-order valence-corrected chi connectivity index (χ3v) is 6.80. The first kappa shape index (κ1) is 23.6. The van der Waals surface area contributed by atoms with Crippen molar-refractivity contribution >= 4 is 20.3 Å². The first-order valence-corrected chi connectivity index (χ1v) is 11.6. The lowest BCUT2D eigenvalue weighted by Crippen LogP contribution is -2.39. The van der Waals surface area contributed by atoms with Gasteiger partial charge in [-0.1, -0.05) is 12.2 Å². The standard InChI is InChI=1S/C15H22N3O2S.CHF3O3S/c1-16-11-12-18(13-16)21(19,20)17-9-7-15(8-10-17)14-5-3-2-4-6-14;2-1(3,4)8(5,6)7/h5,7,11-13H,2-4,6,8-10H2,1H3;(H,5,6,7)/q+1;/p-1. The van der Waals surface area contributed by atoms with Crippen LogP contribution in [0.2, 0.25) is 0 Å². The van der Waals surface area contributed by atoms with Gasteiger partial charge in [0.25, 0.3) is 6.33 Å². The molecule has 0 atom stereocenters. The summed E-state index contributed by atoms with van der Waals surface area (Å²) < 4.78 is 88.5. The predicted octanol–water partition coefficient (Wildman–Crippen LogP) is 1.59. The molecule has 0 aromatic carbocycles. The first-order chi connectivity index (χ1) is 13.3. The molecule has 0 fully saturated rings. The quantitative estimate of drug-likeness (QED) is 0.390. The van der Waals surface area contributed by atoms with Crippen molar-refractivity contribution in [2.75, 3.05) is 13.1 Å². The van der Waals surface area contributed by atoms with E-state index in [0.29, 0.717) is 13.1 Å². The SMILES string of the molecule is C[n+]1ccn(S(=O)(=O)N2CC=C(C3=CCCCC3)CC2)c1.O=S(=O)([O-])C(F)(F)F. The van der Waals surface area contributed by atoms with Crippen molar-refractivity contribution in [2.45, 2.75) is 37.6 Å². The zero-order valence-electron chi connectivity index (χ0n) is 15.7. The molecule has 0 radical (unpaired) electrons. The van der Waals surface area contributed by atoms with Gasteiger partial charge in [0, 0.05) is 13.1 Å². The highest BCUT2D eigenvalue weighted by Crippen LogP contribution is 2.28. The van der Waals surface area contributed by atoms with Gasteiger partial charge >= 0.3 is 15.7 Å². The van der Waals surface area contributed by atoms with Crippen LogP contribution in [0, 0.1) is 0 Å². The van der Waals surface area contributed by atoms with Crippen molar-refractivity contribution in [1.82, 2.24) is 8.28 Å². The van der Waals surface area contributed by atoms with Crippen molar-refractivity contribution in [3.63, 3.8) is 0 Å². The Hall–Kier alpha value is -1.70. The van der Waals surface area contributed by atoms with Gasteiger partial charge in [0.15, 0.2) is 10.1 Å². The second-order valence-corrected chi connectivity index (χ2v) is 9.83. The molecule has 0 saturated heterocycles. The highest BCUT2D eigenvalue weighted by Gasteiger charge is 2.37. The van der Waals surface area contributed by atoms with Gasteiger partial charge in [-0.2, -0.15) is 25.9 Å². The van der Waals surface area contributed by atoms with Gasteiger partial charge in [0.05, 0.1) is 7.05 Å². The van der Waals surface area contributed by atoms with Crippen molar-refractivity contribution in [2.24, 2.45) is 7.05 Å². The second-order valence-electron chi connectivity index (χ2n) is 6.63.